The van der Waals surface area contributed by atoms with Crippen molar-refractivity contribution in [2.24, 2.45) is 0 Å². The molecule has 8 heteroatoms. The molecule has 0 aliphatic carbocycles. The molecule has 0 saturated carbocycles. The molecule has 21 heavy (non-hydrogen) atoms. The lowest BCUT2D eigenvalue weighted by Gasteiger charge is -2.08. The van der Waals surface area contributed by atoms with Crippen LogP contribution in [0, 0.1) is 0 Å². The van der Waals surface area contributed by atoms with Gasteiger partial charge in [0.2, 0.25) is 10.0 Å². The third kappa shape index (κ3) is 3.89. The van der Waals surface area contributed by atoms with E-state index in [1.807, 2.05) is 0 Å². The van der Waals surface area contributed by atoms with Crippen molar-refractivity contribution < 1.29 is 17.9 Å². The molecule has 1 aromatic carbocycles. The van der Waals surface area contributed by atoms with E-state index in [0.29, 0.717) is 6.54 Å². The molecular formula is C13H15N3O4S. The first-order valence-electron chi connectivity index (χ1n) is 6.17. The Hall–Kier alpha value is -2.19. The fraction of sp³-hybridized carbons (Fsp3) is 0.231. The summed E-state index contributed by atoms with van der Waals surface area (Å²) in [4.78, 5) is 15.3. The summed E-state index contributed by atoms with van der Waals surface area (Å²) in [5, 5.41) is 0. The largest absolute Gasteiger partial charge is 0.465 e. The Balaban J connectivity index is 2.06. The summed E-state index contributed by atoms with van der Waals surface area (Å²) in [5.74, 6) is -0.578. The van der Waals surface area contributed by atoms with Crippen LogP contribution in [0.2, 0.25) is 0 Å². The molecule has 0 aliphatic rings. The summed E-state index contributed by atoms with van der Waals surface area (Å²) in [6.45, 7) is 0.692. The van der Waals surface area contributed by atoms with Crippen molar-refractivity contribution >= 4 is 16.0 Å². The molecule has 1 aromatic heterocycles. The number of rotatable bonds is 6. The van der Waals surface area contributed by atoms with Crippen LogP contribution in [0.5, 0.6) is 0 Å². The van der Waals surface area contributed by atoms with E-state index >= 15 is 0 Å². The molecule has 0 saturated heterocycles. The normalized spacial score (nSPS) is 11.3. The molecule has 112 valence electrons. The quantitative estimate of drug-likeness (QED) is 0.791. The van der Waals surface area contributed by atoms with Gasteiger partial charge < -0.3 is 9.30 Å². The lowest BCUT2D eigenvalue weighted by molar-refractivity contribution is 0.0600. The number of sulfonamides is 1. The van der Waals surface area contributed by atoms with Crippen molar-refractivity contribution in [2.45, 2.75) is 11.4 Å². The van der Waals surface area contributed by atoms with Crippen LogP contribution in [0.15, 0.2) is 47.9 Å². The minimum absolute atomic E-state index is 0.0241. The zero-order chi connectivity index (χ0) is 15.3. The standard InChI is InChI=1S/C13H15N3O4S/c1-20-13(17)11-3-2-4-12(9-11)21(18,19)15-6-8-16-7-5-14-10-16/h2-5,7,9-10,15H,6,8H2,1H3. The van der Waals surface area contributed by atoms with Crippen LogP contribution in [0.25, 0.3) is 0 Å². The Labute approximate surface area is 122 Å². The topological polar surface area (TPSA) is 90.3 Å². The van der Waals surface area contributed by atoms with Crippen LogP contribution in [0.3, 0.4) is 0 Å². The molecule has 0 fully saturated rings. The van der Waals surface area contributed by atoms with Crippen molar-refractivity contribution in [3.8, 4) is 0 Å². The average Bonchev–Trinajstić information content (AvgIpc) is 2.99. The maximum atomic E-state index is 12.1. The second-order valence-corrected chi connectivity index (χ2v) is 5.98. The van der Waals surface area contributed by atoms with Gasteiger partial charge in [-0.15, -0.1) is 0 Å². The van der Waals surface area contributed by atoms with Crippen molar-refractivity contribution in [1.82, 2.24) is 14.3 Å². The molecule has 0 radical (unpaired) electrons. The van der Waals surface area contributed by atoms with Gasteiger partial charge >= 0.3 is 5.97 Å². The van der Waals surface area contributed by atoms with Crippen LogP contribution in [0.4, 0.5) is 0 Å². The smallest absolute Gasteiger partial charge is 0.337 e. The number of hydrogen-bond donors (Lipinski definition) is 1. The molecule has 7 nitrogen and oxygen atoms in total. The first-order chi connectivity index (χ1) is 10.0. The minimum atomic E-state index is -3.67. The maximum absolute atomic E-state index is 12.1. The highest BCUT2D eigenvalue weighted by atomic mass is 32.2. The number of nitrogens with one attached hydrogen (secondary N) is 1. The predicted molar refractivity (Wildman–Crippen MR) is 75.2 cm³/mol. The van der Waals surface area contributed by atoms with Crippen LogP contribution in [-0.4, -0.2) is 37.6 Å². The average molecular weight is 309 g/mol. The summed E-state index contributed by atoms with van der Waals surface area (Å²) >= 11 is 0. The van der Waals surface area contributed by atoms with Gasteiger partial charge in [0.1, 0.15) is 0 Å². The molecule has 2 aromatic rings. The molecule has 0 amide bonds. The highest BCUT2D eigenvalue weighted by molar-refractivity contribution is 7.89. The number of imidazole rings is 1. The number of esters is 1. The van der Waals surface area contributed by atoms with E-state index in [0.717, 1.165) is 0 Å². The van der Waals surface area contributed by atoms with E-state index in [1.165, 1.54) is 31.4 Å². The Bertz CT molecular complexity index is 711. The molecule has 0 aliphatic heterocycles. The summed E-state index contributed by atoms with van der Waals surface area (Å²) in [6, 6.07) is 5.70. The summed E-state index contributed by atoms with van der Waals surface area (Å²) in [7, 11) is -2.43. The van der Waals surface area contributed by atoms with Crippen molar-refractivity contribution in [3.63, 3.8) is 0 Å². The maximum Gasteiger partial charge on any atom is 0.337 e. The van der Waals surface area contributed by atoms with Crippen LogP contribution >= 0.6 is 0 Å². The lowest BCUT2D eigenvalue weighted by Crippen LogP contribution is -2.27. The van der Waals surface area contributed by atoms with Gasteiger partial charge in [0, 0.05) is 25.5 Å². The molecule has 0 atom stereocenters. The monoisotopic (exact) mass is 309 g/mol. The molecule has 1 heterocycles. The van der Waals surface area contributed by atoms with Gasteiger partial charge in [-0.3, -0.25) is 0 Å². The summed E-state index contributed by atoms with van der Waals surface area (Å²) < 4.78 is 33.1. The number of aromatic nitrogens is 2. The van der Waals surface area contributed by atoms with E-state index in [4.69, 9.17) is 0 Å². The zero-order valence-corrected chi connectivity index (χ0v) is 12.2. The Kier molecular flexibility index (Phi) is 4.71. The van der Waals surface area contributed by atoms with Crippen molar-refractivity contribution in [1.29, 1.82) is 0 Å². The van der Waals surface area contributed by atoms with Gasteiger partial charge in [-0.1, -0.05) is 6.07 Å². The molecular weight excluding hydrogens is 294 g/mol. The van der Waals surface area contributed by atoms with E-state index in [-0.39, 0.29) is 17.0 Å². The Morgan fingerprint density at radius 1 is 1.43 bits per heavy atom. The van der Waals surface area contributed by atoms with E-state index in [1.54, 1.807) is 23.3 Å². The van der Waals surface area contributed by atoms with Gasteiger partial charge in [-0.2, -0.15) is 0 Å². The van der Waals surface area contributed by atoms with Gasteiger partial charge in [-0.25, -0.2) is 22.9 Å². The first kappa shape index (κ1) is 15.2. The Morgan fingerprint density at radius 2 is 2.24 bits per heavy atom. The number of nitrogens with zero attached hydrogens (tertiary/aromatic N) is 2. The number of carbonyl (C=O) groups excluding carboxylic acids is 1. The second-order valence-electron chi connectivity index (χ2n) is 4.22. The lowest BCUT2D eigenvalue weighted by atomic mass is 10.2. The Morgan fingerprint density at radius 3 is 2.90 bits per heavy atom. The minimum Gasteiger partial charge on any atom is -0.465 e. The van der Waals surface area contributed by atoms with Gasteiger partial charge in [0.25, 0.3) is 0 Å². The second kappa shape index (κ2) is 6.51. The summed E-state index contributed by atoms with van der Waals surface area (Å²) in [6.07, 6.45) is 4.96. The van der Waals surface area contributed by atoms with Gasteiger partial charge in [-0.05, 0) is 18.2 Å². The number of ether oxygens (including phenoxy) is 1. The zero-order valence-electron chi connectivity index (χ0n) is 11.4. The highest BCUT2D eigenvalue weighted by Crippen LogP contribution is 2.12. The number of methoxy groups -OCH3 is 1. The van der Waals surface area contributed by atoms with Gasteiger partial charge in [0.05, 0.1) is 23.9 Å². The first-order valence-corrected chi connectivity index (χ1v) is 7.65. The van der Waals surface area contributed by atoms with Crippen LogP contribution < -0.4 is 4.72 Å². The van der Waals surface area contributed by atoms with Gasteiger partial charge in [0.15, 0.2) is 0 Å². The van der Waals surface area contributed by atoms with Crippen LogP contribution in [-0.2, 0) is 21.3 Å². The van der Waals surface area contributed by atoms with E-state index in [9.17, 15) is 13.2 Å². The SMILES string of the molecule is COC(=O)c1cccc(S(=O)(=O)NCCn2ccnc2)c1. The van der Waals surface area contributed by atoms with E-state index in [2.05, 4.69) is 14.4 Å². The fourth-order valence-corrected chi connectivity index (χ4v) is 2.79. The van der Waals surface area contributed by atoms with Crippen molar-refractivity contribution in [3.05, 3.63) is 48.5 Å². The highest BCUT2D eigenvalue weighted by Gasteiger charge is 2.16. The third-order valence-electron chi connectivity index (χ3n) is 2.79. The molecule has 0 unspecified atom stereocenters. The molecule has 1 N–H and O–H groups in total. The fourth-order valence-electron chi connectivity index (χ4n) is 1.72. The van der Waals surface area contributed by atoms with Crippen molar-refractivity contribution in [2.75, 3.05) is 13.7 Å². The molecule has 2 rings (SSSR count). The molecule has 0 spiro atoms. The third-order valence-corrected chi connectivity index (χ3v) is 4.25. The van der Waals surface area contributed by atoms with Crippen LogP contribution in [0.1, 0.15) is 10.4 Å². The predicted octanol–water partition coefficient (Wildman–Crippen LogP) is 0.648. The molecule has 0 bridgehead atoms. The summed E-state index contributed by atoms with van der Waals surface area (Å²) in [5.41, 5.74) is 0.190. The number of carbonyl (C=O) groups is 1. The number of hydrogen-bond acceptors (Lipinski definition) is 5. The van der Waals surface area contributed by atoms with E-state index < -0.39 is 16.0 Å². The number of benzene rings is 1.